The summed E-state index contributed by atoms with van der Waals surface area (Å²) in [4.78, 5) is 16.2. The average Bonchev–Trinajstić information content (AvgIpc) is 2.31. The van der Waals surface area contributed by atoms with Gasteiger partial charge < -0.3 is 10.5 Å². The van der Waals surface area contributed by atoms with Crippen molar-refractivity contribution in [2.75, 3.05) is 18.9 Å². The highest BCUT2D eigenvalue weighted by Crippen LogP contribution is 2.34. The van der Waals surface area contributed by atoms with Crippen molar-refractivity contribution in [3.8, 4) is 0 Å². The Kier molecular flexibility index (Phi) is 4.88. The van der Waals surface area contributed by atoms with Crippen LogP contribution < -0.4 is 5.73 Å². The van der Waals surface area contributed by atoms with E-state index in [2.05, 4.69) is 19.1 Å². The van der Waals surface area contributed by atoms with E-state index in [1.54, 1.807) is 0 Å². The van der Waals surface area contributed by atoms with Crippen molar-refractivity contribution in [3.05, 3.63) is 29.8 Å². The highest BCUT2D eigenvalue weighted by molar-refractivity contribution is 5.41. The van der Waals surface area contributed by atoms with Gasteiger partial charge in [0.15, 0.2) is 0 Å². The average molecular weight is 235 g/mol. The van der Waals surface area contributed by atoms with Crippen LogP contribution in [-0.4, -0.2) is 19.4 Å². The fourth-order valence-corrected chi connectivity index (χ4v) is 2.00. The second kappa shape index (κ2) is 6.18. The Labute approximate surface area is 101 Å². The number of anilines is 1. The number of carbonyl (C=O) groups excluding carboxylic acids is 2. The number of hydrogen-bond acceptors (Lipinski definition) is 4. The second-order valence-corrected chi connectivity index (χ2v) is 4.38. The van der Waals surface area contributed by atoms with Crippen molar-refractivity contribution in [3.63, 3.8) is 0 Å². The molecule has 1 heterocycles. The Bertz CT molecular complexity index is 374. The number of hydrogen-bond donors (Lipinski definition) is 1. The zero-order valence-electron chi connectivity index (χ0n) is 9.94. The van der Waals surface area contributed by atoms with Gasteiger partial charge in [0.05, 0.1) is 0 Å². The van der Waals surface area contributed by atoms with Crippen molar-refractivity contribution >= 4 is 11.8 Å². The van der Waals surface area contributed by atoms with Crippen LogP contribution in [0.1, 0.15) is 25.3 Å². The second-order valence-electron chi connectivity index (χ2n) is 4.38. The summed E-state index contributed by atoms with van der Waals surface area (Å²) < 4.78 is 5.39. The van der Waals surface area contributed by atoms with E-state index < -0.39 is 0 Å². The van der Waals surface area contributed by atoms with Crippen molar-refractivity contribution in [2.24, 2.45) is 0 Å². The summed E-state index contributed by atoms with van der Waals surface area (Å²) >= 11 is 0. The summed E-state index contributed by atoms with van der Waals surface area (Å²) in [5.41, 5.74) is 8.18. The molecule has 1 aliphatic rings. The summed E-state index contributed by atoms with van der Waals surface area (Å²) in [5, 5.41) is 0. The molecule has 0 unspecified atom stereocenters. The Hall–Kier alpha value is -1.64. The van der Waals surface area contributed by atoms with Gasteiger partial charge in [-0.2, -0.15) is 9.59 Å². The fourth-order valence-electron chi connectivity index (χ4n) is 2.00. The Morgan fingerprint density at radius 2 is 1.65 bits per heavy atom. The molecule has 1 aliphatic heterocycles. The lowest BCUT2D eigenvalue weighted by molar-refractivity contribution is -0.191. The maximum absolute atomic E-state index is 8.12. The normalized spacial score (nSPS) is 17.5. The Morgan fingerprint density at radius 1 is 1.18 bits per heavy atom. The first-order valence-electron chi connectivity index (χ1n) is 5.55. The van der Waals surface area contributed by atoms with Gasteiger partial charge in [0.1, 0.15) is 0 Å². The van der Waals surface area contributed by atoms with Crippen molar-refractivity contribution < 1.29 is 14.3 Å². The van der Waals surface area contributed by atoms with Crippen LogP contribution >= 0.6 is 0 Å². The van der Waals surface area contributed by atoms with Gasteiger partial charge in [0.25, 0.3) is 0 Å². The van der Waals surface area contributed by atoms with Crippen molar-refractivity contribution in [2.45, 2.75) is 25.2 Å². The monoisotopic (exact) mass is 235 g/mol. The maximum Gasteiger partial charge on any atom is 0.373 e. The van der Waals surface area contributed by atoms with Crippen LogP contribution in [0.25, 0.3) is 0 Å². The van der Waals surface area contributed by atoms with Crippen molar-refractivity contribution in [1.82, 2.24) is 0 Å². The van der Waals surface area contributed by atoms with Crippen LogP contribution in [0.15, 0.2) is 24.3 Å². The van der Waals surface area contributed by atoms with E-state index in [0.29, 0.717) is 0 Å². The molecule has 0 amide bonds. The Balaban J connectivity index is 0.000000437. The summed E-state index contributed by atoms with van der Waals surface area (Å²) in [6.45, 7) is 4.06. The molecule has 0 bridgehead atoms. The molecule has 4 nitrogen and oxygen atoms in total. The highest BCUT2D eigenvalue weighted by atomic mass is 16.5. The van der Waals surface area contributed by atoms with Crippen LogP contribution in [0.4, 0.5) is 5.69 Å². The maximum atomic E-state index is 8.12. The van der Waals surface area contributed by atoms with Gasteiger partial charge in [0.2, 0.25) is 0 Å². The van der Waals surface area contributed by atoms with E-state index in [9.17, 15) is 0 Å². The minimum atomic E-state index is 0.250. The summed E-state index contributed by atoms with van der Waals surface area (Å²) in [6, 6.07) is 8.24. The lowest BCUT2D eigenvalue weighted by Crippen LogP contribution is -2.30. The van der Waals surface area contributed by atoms with Gasteiger partial charge in [-0.05, 0) is 36.0 Å². The third kappa shape index (κ3) is 3.70. The van der Waals surface area contributed by atoms with Crippen LogP contribution in [0.3, 0.4) is 0 Å². The lowest BCUT2D eigenvalue weighted by atomic mass is 9.76. The predicted molar refractivity (Wildman–Crippen MR) is 63.3 cm³/mol. The number of nitrogen functional groups attached to an aromatic ring is 1. The van der Waals surface area contributed by atoms with Gasteiger partial charge in [-0.3, -0.25) is 0 Å². The zero-order chi connectivity index (χ0) is 12.7. The molecular weight excluding hydrogens is 218 g/mol. The molecule has 0 radical (unpaired) electrons. The molecule has 0 aromatic heterocycles. The molecule has 0 atom stereocenters. The third-order valence-electron chi connectivity index (χ3n) is 3.20. The molecule has 17 heavy (non-hydrogen) atoms. The van der Waals surface area contributed by atoms with E-state index >= 15 is 0 Å². The molecular formula is C13H17NO3. The molecule has 2 rings (SSSR count). The van der Waals surface area contributed by atoms with Gasteiger partial charge in [-0.15, -0.1) is 0 Å². The molecule has 0 spiro atoms. The van der Waals surface area contributed by atoms with Crippen LogP contribution in [0.5, 0.6) is 0 Å². The largest absolute Gasteiger partial charge is 0.399 e. The highest BCUT2D eigenvalue weighted by Gasteiger charge is 2.28. The topological polar surface area (TPSA) is 69.4 Å². The molecule has 1 aromatic rings. The minimum absolute atomic E-state index is 0.250. The van der Waals surface area contributed by atoms with E-state index in [-0.39, 0.29) is 11.6 Å². The summed E-state index contributed by atoms with van der Waals surface area (Å²) in [5.74, 6) is 0. The molecule has 0 saturated carbocycles. The molecule has 1 aromatic carbocycles. The van der Waals surface area contributed by atoms with Crippen molar-refractivity contribution in [1.29, 1.82) is 0 Å². The molecule has 4 heteroatoms. The van der Waals surface area contributed by atoms with Gasteiger partial charge in [-0.1, -0.05) is 19.1 Å². The van der Waals surface area contributed by atoms with Crippen LogP contribution in [-0.2, 0) is 19.7 Å². The summed E-state index contributed by atoms with van der Waals surface area (Å²) in [7, 11) is 0. The van der Waals surface area contributed by atoms with Gasteiger partial charge >= 0.3 is 6.15 Å². The molecule has 1 saturated heterocycles. The molecule has 1 fully saturated rings. The zero-order valence-corrected chi connectivity index (χ0v) is 9.94. The first-order valence-corrected chi connectivity index (χ1v) is 5.55. The van der Waals surface area contributed by atoms with E-state index in [0.717, 1.165) is 31.7 Å². The summed E-state index contributed by atoms with van der Waals surface area (Å²) in [6.07, 6.45) is 2.47. The van der Waals surface area contributed by atoms with E-state index in [1.165, 1.54) is 5.56 Å². The van der Waals surface area contributed by atoms with Gasteiger partial charge in [-0.25, -0.2) is 0 Å². The SMILES string of the molecule is CC1(c2ccc(N)cc2)CCOCC1.O=C=O. The number of ether oxygens (including phenoxy) is 1. The third-order valence-corrected chi connectivity index (χ3v) is 3.20. The number of nitrogens with two attached hydrogens (primary N) is 1. The lowest BCUT2D eigenvalue weighted by Gasteiger charge is -2.34. The minimum Gasteiger partial charge on any atom is -0.399 e. The number of benzene rings is 1. The molecule has 92 valence electrons. The fraction of sp³-hybridized carbons (Fsp3) is 0.462. The predicted octanol–water partition coefficient (Wildman–Crippen LogP) is 1.75. The van der Waals surface area contributed by atoms with E-state index in [4.69, 9.17) is 20.1 Å². The standard InChI is InChI=1S/C12H17NO.CO2/c1-12(6-8-14-9-7-12)10-2-4-11(13)5-3-10;2-1-3/h2-5H,6-9,13H2,1H3;. The van der Waals surface area contributed by atoms with Gasteiger partial charge in [0, 0.05) is 18.9 Å². The smallest absolute Gasteiger partial charge is 0.373 e. The first-order chi connectivity index (χ1) is 8.12. The molecule has 0 aliphatic carbocycles. The van der Waals surface area contributed by atoms with Crippen LogP contribution in [0, 0.1) is 0 Å². The number of rotatable bonds is 1. The van der Waals surface area contributed by atoms with Crippen LogP contribution in [0.2, 0.25) is 0 Å². The Morgan fingerprint density at radius 3 is 2.12 bits per heavy atom. The molecule has 2 N–H and O–H groups in total. The quantitative estimate of drug-likeness (QED) is 0.753. The van der Waals surface area contributed by atoms with E-state index in [1.807, 2.05) is 12.1 Å². The first kappa shape index (κ1) is 13.4.